The number of hydrogen-bond donors (Lipinski definition) is 0. The van der Waals surface area contributed by atoms with E-state index in [2.05, 4.69) is 239 Å². The number of pyridine rings is 1. The van der Waals surface area contributed by atoms with E-state index in [0.29, 0.717) is 6.67 Å². The predicted octanol–water partition coefficient (Wildman–Crippen LogP) is 15.2. The number of ether oxygens (including phenoxy) is 1. The highest BCUT2D eigenvalue weighted by atomic mass is 16.5. The standard InChI is InChI=1S/C58H54N4O/c1-56(2,3)42-23-16-24-44(35-42)60-39-61(51-29-15-14-28-50(51)60)45-25-17-26-46(37-45)63-47-31-32-48-53(38-47)62(54-36-43(33-34-59-54)57(4,5)40-19-10-8-11-20-40)52-30-18-27-49(55(48)52)58(6,7)41-21-12-9-13-22-41/h8-38H,39H2,1-7H3. The van der Waals surface area contributed by atoms with E-state index in [1.165, 1.54) is 50.3 Å². The molecule has 1 aliphatic heterocycles. The molecule has 3 heterocycles. The van der Waals surface area contributed by atoms with Crippen molar-refractivity contribution in [2.24, 2.45) is 0 Å². The van der Waals surface area contributed by atoms with E-state index >= 15 is 0 Å². The van der Waals surface area contributed by atoms with Gasteiger partial charge >= 0.3 is 0 Å². The van der Waals surface area contributed by atoms with Crippen molar-refractivity contribution in [1.29, 1.82) is 0 Å². The van der Waals surface area contributed by atoms with Crippen molar-refractivity contribution < 1.29 is 4.74 Å². The van der Waals surface area contributed by atoms with Crippen molar-refractivity contribution in [2.75, 3.05) is 16.5 Å². The van der Waals surface area contributed by atoms with Gasteiger partial charge in [0.25, 0.3) is 0 Å². The van der Waals surface area contributed by atoms with Gasteiger partial charge in [0.05, 0.1) is 22.4 Å². The Labute approximate surface area is 371 Å². The van der Waals surface area contributed by atoms with Crippen LogP contribution in [0.15, 0.2) is 188 Å². The quantitative estimate of drug-likeness (QED) is 0.145. The molecule has 0 radical (unpaired) electrons. The molecule has 0 unspecified atom stereocenters. The van der Waals surface area contributed by atoms with Gasteiger partial charge in [-0.2, -0.15) is 0 Å². The first kappa shape index (κ1) is 40.0. The normalized spacial score (nSPS) is 13.2. The number of nitrogens with zero attached hydrogens (tertiary/aromatic N) is 4. The Bertz CT molecular complexity index is 3120. The van der Waals surface area contributed by atoms with E-state index < -0.39 is 0 Å². The van der Waals surface area contributed by atoms with Crippen LogP contribution in [0.3, 0.4) is 0 Å². The van der Waals surface area contributed by atoms with Gasteiger partial charge in [-0.25, -0.2) is 4.98 Å². The summed E-state index contributed by atoms with van der Waals surface area (Å²) >= 11 is 0. The van der Waals surface area contributed by atoms with E-state index in [0.717, 1.165) is 39.4 Å². The fraction of sp³-hybridized carbons (Fsp3) is 0.190. The summed E-state index contributed by atoms with van der Waals surface area (Å²) in [5.41, 5.74) is 12.6. The predicted molar refractivity (Wildman–Crippen MR) is 263 cm³/mol. The van der Waals surface area contributed by atoms with Gasteiger partial charge in [-0.3, -0.25) is 4.57 Å². The van der Waals surface area contributed by atoms with Gasteiger partial charge in [-0.05, 0) is 100.0 Å². The van der Waals surface area contributed by atoms with Gasteiger partial charge < -0.3 is 14.5 Å². The Morgan fingerprint density at radius 2 is 1.05 bits per heavy atom. The third-order valence-electron chi connectivity index (χ3n) is 13.3. The van der Waals surface area contributed by atoms with E-state index in [9.17, 15) is 0 Å². The van der Waals surface area contributed by atoms with Gasteiger partial charge in [0, 0.05) is 51.3 Å². The summed E-state index contributed by atoms with van der Waals surface area (Å²) < 4.78 is 9.18. The Kier molecular flexibility index (Phi) is 9.75. The topological polar surface area (TPSA) is 33.5 Å². The summed E-state index contributed by atoms with van der Waals surface area (Å²) in [4.78, 5) is 9.86. The van der Waals surface area contributed by atoms with Crippen LogP contribution in [0.5, 0.6) is 11.5 Å². The van der Waals surface area contributed by atoms with Crippen LogP contribution in [0.4, 0.5) is 22.7 Å². The highest BCUT2D eigenvalue weighted by molar-refractivity contribution is 6.11. The summed E-state index contributed by atoms with van der Waals surface area (Å²) in [6.07, 6.45) is 1.95. The fourth-order valence-electron chi connectivity index (χ4n) is 9.49. The second-order valence-corrected chi connectivity index (χ2v) is 19.0. The van der Waals surface area contributed by atoms with Gasteiger partial charge in [0.1, 0.15) is 24.0 Å². The number of benzene rings is 7. The Morgan fingerprint density at radius 3 is 1.73 bits per heavy atom. The van der Waals surface area contributed by atoms with Crippen molar-refractivity contribution in [3.8, 4) is 17.3 Å². The molecule has 0 spiro atoms. The zero-order valence-corrected chi connectivity index (χ0v) is 37.3. The first-order valence-corrected chi connectivity index (χ1v) is 22.1. The lowest BCUT2D eigenvalue weighted by Crippen LogP contribution is -2.24. The largest absolute Gasteiger partial charge is 0.457 e. The summed E-state index contributed by atoms with van der Waals surface area (Å²) in [5, 5.41) is 2.37. The lowest BCUT2D eigenvalue weighted by molar-refractivity contribution is 0.483. The minimum atomic E-state index is -0.265. The SMILES string of the molecule is CC(C)(C)c1cccc(N2CN(c3cccc(Oc4ccc5c6c(C(C)(C)c7ccccc7)cccc6n(-c6cc(C(C)(C)c7ccccc7)ccn6)c5c4)c3)c3ccccc32)c1. The molecule has 2 aromatic heterocycles. The maximum Gasteiger partial charge on any atom is 0.137 e. The number of para-hydroxylation sites is 2. The maximum absolute atomic E-state index is 6.85. The van der Waals surface area contributed by atoms with Crippen LogP contribution in [-0.2, 0) is 16.2 Å². The first-order valence-electron chi connectivity index (χ1n) is 22.1. The smallest absolute Gasteiger partial charge is 0.137 e. The van der Waals surface area contributed by atoms with E-state index in [1.54, 1.807) is 0 Å². The summed E-state index contributed by atoms with van der Waals surface area (Å²) in [7, 11) is 0. The van der Waals surface area contributed by atoms with Crippen LogP contribution in [0.1, 0.15) is 76.3 Å². The minimum absolute atomic E-state index is 0.0544. The van der Waals surface area contributed by atoms with Gasteiger partial charge in [-0.15, -0.1) is 0 Å². The Hall–Kier alpha value is -7.11. The summed E-state index contributed by atoms with van der Waals surface area (Å²) in [6, 6.07) is 65.3. The van der Waals surface area contributed by atoms with Crippen LogP contribution < -0.4 is 14.5 Å². The lowest BCUT2D eigenvalue weighted by Gasteiger charge is -2.27. The number of hydrogen-bond acceptors (Lipinski definition) is 4. The summed E-state index contributed by atoms with van der Waals surface area (Å²) in [5.74, 6) is 2.40. The molecule has 0 saturated heterocycles. The van der Waals surface area contributed by atoms with Crippen LogP contribution >= 0.6 is 0 Å². The average molecular weight is 823 g/mol. The van der Waals surface area contributed by atoms with Crippen LogP contribution in [0.2, 0.25) is 0 Å². The van der Waals surface area contributed by atoms with Crippen LogP contribution in [0, 0.1) is 0 Å². The maximum atomic E-state index is 6.85. The lowest BCUT2D eigenvalue weighted by atomic mass is 9.76. The van der Waals surface area contributed by atoms with E-state index in [-0.39, 0.29) is 16.2 Å². The highest BCUT2D eigenvalue weighted by Gasteiger charge is 2.31. The number of anilines is 4. The molecule has 0 fully saturated rings. The zero-order valence-electron chi connectivity index (χ0n) is 37.3. The second kappa shape index (κ2) is 15.4. The Balaban J connectivity index is 1.07. The van der Waals surface area contributed by atoms with Gasteiger partial charge in [0.15, 0.2) is 0 Å². The van der Waals surface area contributed by atoms with Gasteiger partial charge in [0.2, 0.25) is 0 Å². The van der Waals surface area contributed by atoms with Crippen molar-refractivity contribution in [1.82, 2.24) is 9.55 Å². The van der Waals surface area contributed by atoms with Crippen molar-refractivity contribution in [3.63, 3.8) is 0 Å². The molecule has 0 bridgehead atoms. The van der Waals surface area contributed by atoms with Crippen molar-refractivity contribution in [2.45, 2.75) is 64.7 Å². The Morgan fingerprint density at radius 1 is 0.460 bits per heavy atom. The molecular formula is C58H54N4O. The fourth-order valence-corrected chi connectivity index (χ4v) is 9.49. The molecule has 5 heteroatoms. The van der Waals surface area contributed by atoms with Crippen LogP contribution in [0.25, 0.3) is 27.6 Å². The third-order valence-corrected chi connectivity index (χ3v) is 13.3. The molecule has 0 amide bonds. The molecule has 0 atom stereocenters. The number of fused-ring (bicyclic) bond motifs is 4. The molecule has 9 aromatic rings. The average Bonchev–Trinajstić information content (AvgIpc) is 3.86. The first-order chi connectivity index (χ1) is 30.4. The molecule has 10 rings (SSSR count). The molecule has 63 heavy (non-hydrogen) atoms. The molecule has 0 saturated carbocycles. The van der Waals surface area contributed by atoms with Crippen molar-refractivity contribution >= 4 is 44.6 Å². The van der Waals surface area contributed by atoms with Crippen LogP contribution in [-0.4, -0.2) is 16.2 Å². The zero-order chi connectivity index (χ0) is 43.5. The number of aromatic nitrogens is 2. The number of rotatable bonds is 9. The van der Waals surface area contributed by atoms with E-state index in [4.69, 9.17) is 9.72 Å². The third kappa shape index (κ3) is 7.12. The summed E-state index contributed by atoms with van der Waals surface area (Å²) in [6.45, 7) is 16.7. The van der Waals surface area contributed by atoms with E-state index in [1.807, 2.05) is 12.3 Å². The molecule has 0 aliphatic carbocycles. The molecule has 312 valence electrons. The molecule has 7 aromatic carbocycles. The molecule has 5 nitrogen and oxygen atoms in total. The minimum Gasteiger partial charge on any atom is -0.457 e. The monoisotopic (exact) mass is 822 g/mol. The molecular weight excluding hydrogens is 769 g/mol. The molecule has 0 N–H and O–H groups in total. The highest BCUT2D eigenvalue weighted by Crippen LogP contribution is 2.47. The van der Waals surface area contributed by atoms with Gasteiger partial charge in [-0.1, -0.05) is 152 Å². The van der Waals surface area contributed by atoms with Crippen molar-refractivity contribution in [3.05, 3.63) is 216 Å². The molecule has 1 aliphatic rings. The second-order valence-electron chi connectivity index (χ2n) is 19.0.